The summed E-state index contributed by atoms with van der Waals surface area (Å²) in [4.78, 5) is 4.43. The van der Waals surface area contributed by atoms with Crippen LogP contribution in [0.1, 0.15) is 18.4 Å². The number of fused-ring (bicyclic) bond motifs is 1. The fourth-order valence-electron chi connectivity index (χ4n) is 2.80. The van der Waals surface area contributed by atoms with Crippen molar-refractivity contribution in [2.24, 2.45) is 0 Å². The van der Waals surface area contributed by atoms with Crippen molar-refractivity contribution in [2.75, 3.05) is 7.11 Å². The topological polar surface area (TPSA) is 34.2 Å². The van der Waals surface area contributed by atoms with E-state index in [0.29, 0.717) is 6.04 Å². The third kappa shape index (κ3) is 2.92. The van der Waals surface area contributed by atoms with Crippen molar-refractivity contribution in [3.8, 4) is 5.75 Å². The van der Waals surface area contributed by atoms with Crippen LogP contribution < -0.4 is 10.1 Å². The number of hydrogen-bond acceptors (Lipinski definition) is 3. The van der Waals surface area contributed by atoms with Crippen molar-refractivity contribution in [2.45, 2.75) is 25.3 Å². The predicted molar refractivity (Wildman–Crippen MR) is 86.4 cm³/mol. The lowest BCUT2D eigenvalue weighted by Crippen LogP contribution is -2.30. The van der Waals surface area contributed by atoms with E-state index < -0.39 is 0 Å². The fraction of sp³-hybridized carbons (Fsp3) is 0.278. The quantitative estimate of drug-likeness (QED) is 0.929. The molecule has 1 aromatic heterocycles. The number of nitrogens with zero attached hydrogens (tertiary/aromatic N) is 1. The minimum atomic E-state index is 0.463. The van der Waals surface area contributed by atoms with Crippen LogP contribution in [0.4, 0.5) is 0 Å². The number of methoxy groups -OCH3 is 1. The second-order valence-electron chi connectivity index (χ2n) is 5.38. The van der Waals surface area contributed by atoms with Gasteiger partial charge in [0.15, 0.2) is 0 Å². The first kappa shape index (κ1) is 13.7. The maximum atomic E-state index is 5.33. The zero-order valence-corrected chi connectivity index (χ0v) is 12.3. The minimum Gasteiger partial charge on any atom is -0.497 e. The van der Waals surface area contributed by atoms with Gasteiger partial charge in [-0.25, -0.2) is 0 Å². The molecular formula is C18H20N2O. The monoisotopic (exact) mass is 280 g/mol. The highest BCUT2D eigenvalue weighted by molar-refractivity contribution is 5.83. The summed E-state index contributed by atoms with van der Waals surface area (Å²) >= 11 is 0. The maximum absolute atomic E-state index is 5.33. The molecule has 0 radical (unpaired) electrons. The van der Waals surface area contributed by atoms with Crippen molar-refractivity contribution >= 4 is 10.9 Å². The summed E-state index contributed by atoms with van der Waals surface area (Å²) in [7, 11) is 1.70. The molecule has 1 aromatic carbocycles. The molecule has 0 aliphatic carbocycles. The van der Waals surface area contributed by atoms with Gasteiger partial charge in [0.25, 0.3) is 0 Å². The molecule has 3 rings (SSSR count). The number of aromatic nitrogens is 1. The summed E-state index contributed by atoms with van der Waals surface area (Å²) < 4.78 is 5.33. The molecule has 1 aliphatic heterocycles. The SMILES string of the molecule is C=CC1=CN[C@H](Cc2ccnc3ccc(OC)cc23)CC1. The molecule has 0 fully saturated rings. The summed E-state index contributed by atoms with van der Waals surface area (Å²) in [6, 6.07) is 8.62. The van der Waals surface area contributed by atoms with Crippen molar-refractivity contribution < 1.29 is 4.74 Å². The molecule has 108 valence electrons. The first-order chi connectivity index (χ1) is 10.3. The van der Waals surface area contributed by atoms with Crippen LogP contribution >= 0.6 is 0 Å². The third-order valence-corrected chi connectivity index (χ3v) is 4.05. The summed E-state index contributed by atoms with van der Waals surface area (Å²) in [5.74, 6) is 0.877. The normalized spacial score (nSPS) is 18.0. The molecule has 0 amide bonds. The lowest BCUT2D eigenvalue weighted by Gasteiger charge is -2.23. The first-order valence-corrected chi connectivity index (χ1v) is 7.29. The Morgan fingerprint density at radius 3 is 3.05 bits per heavy atom. The Morgan fingerprint density at radius 2 is 2.33 bits per heavy atom. The number of pyridine rings is 1. The largest absolute Gasteiger partial charge is 0.497 e. The van der Waals surface area contributed by atoms with E-state index in [1.165, 1.54) is 16.5 Å². The zero-order valence-electron chi connectivity index (χ0n) is 12.3. The highest BCUT2D eigenvalue weighted by Gasteiger charge is 2.14. The molecule has 0 spiro atoms. The van der Waals surface area contributed by atoms with E-state index in [-0.39, 0.29) is 0 Å². The number of ether oxygens (including phenoxy) is 1. The molecule has 3 nitrogen and oxygen atoms in total. The van der Waals surface area contributed by atoms with E-state index in [1.54, 1.807) is 7.11 Å². The molecule has 0 bridgehead atoms. The lowest BCUT2D eigenvalue weighted by molar-refractivity contribution is 0.415. The van der Waals surface area contributed by atoms with Crippen LogP contribution in [0.15, 0.2) is 54.9 Å². The van der Waals surface area contributed by atoms with E-state index >= 15 is 0 Å². The summed E-state index contributed by atoms with van der Waals surface area (Å²) in [6.45, 7) is 3.82. The number of hydrogen-bond donors (Lipinski definition) is 1. The van der Waals surface area contributed by atoms with E-state index in [9.17, 15) is 0 Å². The number of benzene rings is 1. The number of allylic oxidation sites excluding steroid dienone is 2. The second-order valence-corrected chi connectivity index (χ2v) is 5.38. The molecule has 1 aliphatic rings. The van der Waals surface area contributed by atoms with E-state index in [2.05, 4.69) is 35.2 Å². The van der Waals surface area contributed by atoms with Gasteiger partial charge in [-0.3, -0.25) is 4.98 Å². The average molecular weight is 280 g/mol. The van der Waals surface area contributed by atoms with Crippen molar-refractivity contribution in [3.63, 3.8) is 0 Å². The Balaban J connectivity index is 1.87. The Labute approximate surface area is 125 Å². The van der Waals surface area contributed by atoms with Crippen molar-refractivity contribution in [1.82, 2.24) is 10.3 Å². The van der Waals surface area contributed by atoms with Gasteiger partial charge in [-0.15, -0.1) is 0 Å². The van der Waals surface area contributed by atoms with Crippen LogP contribution in [0, 0.1) is 0 Å². The zero-order chi connectivity index (χ0) is 14.7. The molecule has 21 heavy (non-hydrogen) atoms. The van der Waals surface area contributed by atoms with Gasteiger partial charge in [-0.1, -0.05) is 12.7 Å². The summed E-state index contributed by atoms with van der Waals surface area (Å²) in [5, 5.41) is 4.65. The first-order valence-electron chi connectivity index (χ1n) is 7.29. The van der Waals surface area contributed by atoms with Gasteiger partial charge in [0, 0.05) is 17.6 Å². The van der Waals surface area contributed by atoms with Gasteiger partial charge in [-0.2, -0.15) is 0 Å². The van der Waals surface area contributed by atoms with Crippen LogP contribution in [0.5, 0.6) is 5.75 Å². The second kappa shape index (κ2) is 6.00. The van der Waals surface area contributed by atoms with Crippen LogP contribution in [0.25, 0.3) is 10.9 Å². The number of rotatable bonds is 4. The molecule has 0 unspecified atom stereocenters. The standard InChI is InChI=1S/C18H20N2O/c1-3-13-4-5-15(20-12-13)10-14-8-9-19-18-7-6-16(21-2)11-17(14)18/h3,6-9,11-12,15,20H,1,4-5,10H2,2H3/t15-/m0/s1. The van der Waals surface area contributed by atoms with Gasteiger partial charge in [0.1, 0.15) is 5.75 Å². The van der Waals surface area contributed by atoms with Crippen LogP contribution in [-0.2, 0) is 6.42 Å². The van der Waals surface area contributed by atoms with Gasteiger partial charge < -0.3 is 10.1 Å². The molecule has 1 N–H and O–H groups in total. The molecule has 0 saturated carbocycles. The Kier molecular flexibility index (Phi) is 3.91. The molecular weight excluding hydrogens is 260 g/mol. The highest BCUT2D eigenvalue weighted by atomic mass is 16.5. The van der Waals surface area contributed by atoms with Crippen molar-refractivity contribution in [3.05, 3.63) is 60.5 Å². The Bertz CT molecular complexity index is 691. The Hall–Kier alpha value is -2.29. The molecule has 2 aromatic rings. The maximum Gasteiger partial charge on any atom is 0.119 e. The Morgan fingerprint density at radius 1 is 1.43 bits per heavy atom. The van der Waals surface area contributed by atoms with E-state index in [0.717, 1.165) is 30.5 Å². The molecule has 1 atom stereocenters. The predicted octanol–water partition coefficient (Wildman–Crippen LogP) is 3.61. The van der Waals surface area contributed by atoms with Crippen LogP contribution in [-0.4, -0.2) is 18.1 Å². The molecule has 2 heterocycles. The summed E-state index contributed by atoms with van der Waals surface area (Å²) in [6.07, 6.45) is 9.12. The molecule has 0 saturated heterocycles. The highest BCUT2D eigenvalue weighted by Crippen LogP contribution is 2.25. The number of nitrogens with one attached hydrogen (secondary N) is 1. The van der Waals surface area contributed by atoms with Gasteiger partial charge in [0.2, 0.25) is 0 Å². The van der Waals surface area contributed by atoms with Crippen molar-refractivity contribution in [1.29, 1.82) is 0 Å². The average Bonchev–Trinajstić information content (AvgIpc) is 2.55. The third-order valence-electron chi connectivity index (χ3n) is 4.05. The van der Waals surface area contributed by atoms with Gasteiger partial charge in [0.05, 0.1) is 12.6 Å². The van der Waals surface area contributed by atoms with Crippen LogP contribution in [0.3, 0.4) is 0 Å². The fourth-order valence-corrected chi connectivity index (χ4v) is 2.80. The smallest absolute Gasteiger partial charge is 0.119 e. The van der Waals surface area contributed by atoms with Crippen LogP contribution in [0.2, 0.25) is 0 Å². The van der Waals surface area contributed by atoms with Gasteiger partial charge in [-0.05, 0) is 60.9 Å². The van der Waals surface area contributed by atoms with E-state index in [1.807, 2.05) is 24.4 Å². The molecule has 3 heteroatoms. The lowest BCUT2D eigenvalue weighted by atomic mass is 9.95. The summed E-state index contributed by atoms with van der Waals surface area (Å²) in [5.41, 5.74) is 3.62. The minimum absolute atomic E-state index is 0.463. The van der Waals surface area contributed by atoms with E-state index in [4.69, 9.17) is 4.74 Å². The van der Waals surface area contributed by atoms with Gasteiger partial charge >= 0.3 is 0 Å².